The molecule has 0 aromatic heterocycles. The van der Waals surface area contributed by atoms with E-state index in [2.05, 4.69) is 0 Å². The fourth-order valence-electron chi connectivity index (χ4n) is 4.16. The highest BCUT2D eigenvalue weighted by Gasteiger charge is 2.42. The lowest BCUT2D eigenvalue weighted by molar-refractivity contribution is -0.128. The number of nitrogens with zero attached hydrogens (tertiary/aromatic N) is 2. The Morgan fingerprint density at radius 2 is 1.58 bits per heavy atom. The first-order valence-electron chi connectivity index (χ1n) is 11.0. The Bertz CT molecular complexity index is 1160. The highest BCUT2D eigenvalue weighted by Crippen LogP contribution is 2.37. The number of piperazine rings is 1. The van der Waals surface area contributed by atoms with Crippen molar-refractivity contribution in [3.8, 4) is 11.5 Å². The van der Waals surface area contributed by atoms with E-state index < -0.39 is 6.04 Å². The molecular formula is C27H28N2O4. The molecule has 33 heavy (non-hydrogen) atoms. The summed E-state index contributed by atoms with van der Waals surface area (Å²) in [4.78, 5) is 30.6. The van der Waals surface area contributed by atoms with Crippen LogP contribution in [0.3, 0.4) is 0 Å². The summed E-state index contributed by atoms with van der Waals surface area (Å²) >= 11 is 0. The zero-order valence-corrected chi connectivity index (χ0v) is 19.4. The molecule has 1 aliphatic rings. The maximum absolute atomic E-state index is 13.9. The molecular weight excluding hydrogens is 416 g/mol. The second kappa shape index (κ2) is 9.36. The zero-order chi connectivity index (χ0) is 23.5. The number of aryl methyl sites for hydroxylation is 1. The number of carbonyl (C=O) groups is 2. The molecule has 6 heteroatoms. The van der Waals surface area contributed by atoms with Gasteiger partial charge in [0.25, 0.3) is 5.91 Å². The molecule has 0 bridgehead atoms. The standard InChI is InChI=1S/C27H28N2O4/c1-5-33-23-15-11-21(12-16-23)29-25(30)17-28(24-8-6-7-18(2)19(24)3)27(31)26(29)20-9-13-22(32-4)14-10-20/h6-16,26H,5,17H2,1-4H3. The molecule has 1 saturated heterocycles. The molecule has 0 radical (unpaired) electrons. The van der Waals surface area contributed by atoms with Crippen LogP contribution in [0.1, 0.15) is 29.7 Å². The van der Waals surface area contributed by atoms with Crippen LogP contribution in [0.25, 0.3) is 0 Å². The molecule has 1 fully saturated rings. The van der Waals surface area contributed by atoms with E-state index in [0.29, 0.717) is 18.0 Å². The number of anilines is 2. The second-order valence-corrected chi connectivity index (χ2v) is 8.01. The molecule has 0 N–H and O–H groups in total. The number of amides is 2. The Morgan fingerprint density at radius 1 is 0.909 bits per heavy atom. The van der Waals surface area contributed by atoms with Crippen LogP contribution in [0, 0.1) is 13.8 Å². The molecule has 170 valence electrons. The molecule has 0 spiro atoms. The van der Waals surface area contributed by atoms with E-state index in [1.807, 2.05) is 75.4 Å². The number of hydrogen-bond acceptors (Lipinski definition) is 4. The fourth-order valence-corrected chi connectivity index (χ4v) is 4.16. The van der Waals surface area contributed by atoms with Crippen molar-refractivity contribution in [2.75, 3.05) is 30.1 Å². The van der Waals surface area contributed by atoms with Gasteiger partial charge in [-0.2, -0.15) is 0 Å². The van der Waals surface area contributed by atoms with Gasteiger partial charge in [0.05, 0.1) is 13.7 Å². The normalized spacial score (nSPS) is 16.2. The van der Waals surface area contributed by atoms with Gasteiger partial charge in [0, 0.05) is 11.4 Å². The van der Waals surface area contributed by atoms with Crippen LogP contribution in [0.4, 0.5) is 11.4 Å². The van der Waals surface area contributed by atoms with Gasteiger partial charge >= 0.3 is 0 Å². The third-order valence-electron chi connectivity index (χ3n) is 6.04. The second-order valence-electron chi connectivity index (χ2n) is 8.01. The van der Waals surface area contributed by atoms with Gasteiger partial charge < -0.3 is 14.4 Å². The Labute approximate surface area is 194 Å². The van der Waals surface area contributed by atoms with Crippen LogP contribution in [0.15, 0.2) is 66.7 Å². The van der Waals surface area contributed by atoms with Crippen molar-refractivity contribution in [2.45, 2.75) is 26.8 Å². The number of methoxy groups -OCH3 is 1. The average molecular weight is 445 g/mol. The lowest BCUT2D eigenvalue weighted by Gasteiger charge is -2.41. The summed E-state index contributed by atoms with van der Waals surface area (Å²) in [5.74, 6) is 1.10. The summed E-state index contributed by atoms with van der Waals surface area (Å²) < 4.78 is 10.8. The van der Waals surface area contributed by atoms with E-state index in [-0.39, 0.29) is 18.4 Å². The highest BCUT2D eigenvalue weighted by atomic mass is 16.5. The quantitative estimate of drug-likeness (QED) is 0.546. The van der Waals surface area contributed by atoms with Gasteiger partial charge in [0.15, 0.2) is 0 Å². The van der Waals surface area contributed by atoms with Gasteiger partial charge in [0.1, 0.15) is 24.1 Å². The Kier molecular flexibility index (Phi) is 6.36. The topological polar surface area (TPSA) is 59.1 Å². The summed E-state index contributed by atoms with van der Waals surface area (Å²) in [6, 6.07) is 19.6. The van der Waals surface area contributed by atoms with E-state index >= 15 is 0 Å². The molecule has 1 heterocycles. The smallest absolute Gasteiger partial charge is 0.255 e. The molecule has 6 nitrogen and oxygen atoms in total. The molecule has 1 aliphatic heterocycles. The first-order valence-corrected chi connectivity index (χ1v) is 11.0. The highest BCUT2D eigenvalue weighted by molar-refractivity contribution is 6.14. The lowest BCUT2D eigenvalue weighted by atomic mass is 9.98. The van der Waals surface area contributed by atoms with Gasteiger partial charge in [-0.25, -0.2) is 0 Å². The van der Waals surface area contributed by atoms with E-state index in [1.165, 1.54) is 0 Å². The van der Waals surface area contributed by atoms with Crippen molar-refractivity contribution in [2.24, 2.45) is 0 Å². The Morgan fingerprint density at radius 3 is 2.21 bits per heavy atom. The van der Waals surface area contributed by atoms with Gasteiger partial charge in [-0.1, -0.05) is 24.3 Å². The van der Waals surface area contributed by atoms with Gasteiger partial charge in [0.2, 0.25) is 5.91 Å². The SMILES string of the molecule is CCOc1ccc(N2C(=O)CN(c3cccc(C)c3C)C(=O)C2c2ccc(OC)cc2)cc1. The van der Waals surface area contributed by atoms with Crippen molar-refractivity contribution < 1.29 is 19.1 Å². The minimum Gasteiger partial charge on any atom is -0.497 e. The predicted molar refractivity (Wildman–Crippen MR) is 129 cm³/mol. The Balaban J connectivity index is 1.79. The van der Waals surface area contributed by atoms with Crippen molar-refractivity contribution in [3.05, 3.63) is 83.4 Å². The van der Waals surface area contributed by atoms with E-state index in [1.54, 1.807) is 29.0 Å². The average Bonchev–Trinajstić information content (AvgIpc) is 2.83. The van der Waals surface area contributed by atoms with E-state index in [0.717, 1.165) is 28.1 Å². The molecule has 4 rings (SSSR count). The summed E-state index contributed by atoms with van der Waals surface area (Å²) in [6.07, 6.45) is 0. The maximum Gasteiger partial charge on any atom is 0.255 e. The molecule has 0 aliphatic carbocycles. The molecule has 2 amide bonds. The monoisotopic (exact) mass is 444 g/mol. The minimum atomic E-state index is -0.796. The first kappa shape index (κ1) is 22.4. The summed E-state index contributed by atoms with van der Waals surface area (Å²) in [5.41, 5.74) is 4.19. The first-order chi connectivity index (χ1) is 15.9. The number of carbonyl (C=O) groups excluding carboxylic acids is 2. The largest absolute Gasteiger partial charge is 0.497 e. The number of ether oxygens (including phenoxy) is 2. The molecule has 3 aromatic carbocycles. The van der Waals surface area contributed by atoms with E-state index in [4.69, 9.17) is 9.47 Å². The van der Waals surface area contributed by atoms with Crippen molar-refractivity contribution >= 4 is 23.2 Å². The number of benzene rings is 3. The van der Waals surface area contributed by atoms with Crippen LogP contribution in [0.5, 0.6) is 11.5 Å². The van der Waals surface area contributed by atoms with Crippen LogP contribution in [-0.2, 0) is 9.59 Å². The predicted octanol–water partition coefficient (Wildman–Crippen LogP) is 4.83. The summed E-state index contributed by atoms with van der Waals surface area (Å²) in [7, 11) is 1.60. The van der Waals surface area contributed by atoms with Crippen molar-refractivity contribution in [1.82, 2.24) is 0 Å². The van der Waals surface area contributed by atoms with Gasteiger partial charge in [-0.05, 0) is 79.9 Å². The third kappa shape index (κ3) is 4.29. The van der Waals surface area contributed by atoms with Crippen LogP contribution >= 0.6 is 0 Å². The third-order valence-corrected chi connectivity index (χ3v) is 6.04. The lowest BCUT2D eigenvalue weighted by Crippen LogP contribution is -2.56. The summed E-state index contributed by atoms with van der Waals surface area (Å²) in [5, 5.41) is 0. The zero-order valence-electron chi connectivity index (χ0n) is 19.4. The van der Waals surface area contributed by atoms with Gasteiger partial charge in [-0.15, -0.1) is 0 Å². The molecule has 3 aromatic rings. The Hall–Kier alpha value is -3.80. The fraction of sp³-hybridized carbons (Fsp3) is 0.259. The van der Waals surface area contributed by atoms with Crippen molar-refractivity contribution in [3.63, 3.8) is 0 Å². The maximum atomic E-state index is 13.9. The van der Waals surface area contributed by atoms with E-state index in [9.17, 15) is 9.59 Å². The molecule has 0 saturated carbocycles. The number of hydrogen-bond donors (Lipinski definition) is 0. The van der Waals surface area contributed by atoms with Crippen molar-refractivity contribution in [1.29, 1.82) is 0 Å². The number of rotatable bonds is 6. The van der Waals surface area contributed by atoms with Gasteiger partial charge in [-0.3, -0.25) is 14.5 Å². The summed E-state index contributed by atoms with van der Waals surface area (Å²) in [6.45, 7) is 6.43. The van der Waals surface area contributed by atoms with Crippen LogP contribution in [0.2, 0.25) is 0 Å². The minimum absolute atomic E-state index is 0.0248. The molecule has 1 atom stereocenters. The van der Waals surface area contributed by atoms with Crippen LogP contribution in [-0.4, -0.2) is 32.1 Å². The molecule has 1 unspecified atom stereocenters. The van der Waals surface area contributed by atoms with Crippen LogP contribution < -0.4 is 19.3 Å².